The van der Waals surface area contributed by atoms with E-state index in [0.717, 1.165) is 6.54 Å². The maximum absolute atomic E-state index is 11.7. The van der Waals surface area contributed by atoms with Gasteiger partial charge in [0.15, 0.2) is 0 Å². The number of ether oxygens (including phenoxy) is 1. The van der Waals surface area contributed by atoms with Crippen molar-refractivity contribution in [3.8, 4) is 0 Å². The smallest absolute Gasteiger partial charge is 0.234 e. The van der Waals surface area contributed by atoms with Gasteiger partial charge < -0.3 is 15.4 Å². The molecule has 2 N–H and O–H groups in total. The molecule has 1 rings (SSSR count). The first-order chi connectivity index (χ1) is 8.62. The van der Waals surface area contributed by atoms with E-state index in [2.05, 4.69) is 16.9 Å². The second-order valence-corrected chi connectivity index (χ2v) is 6.40. The van der Waals surface area contributed by atoms with Crippen LogP contribution in [0.3, 0.4) is 0 Å². The lowest BCUT2D eigenvalue weighted by Gasteiger charge is -2.27. The van der Waals surface area contributed by atoms with Gasteiger partial charge in [-0.1, -0.05) is 12.8 Å². The fourth-order valence-electron chi connectivity index (χ4n) is 2.49. The molecule has 1 aliphatic rings. The Hall–Kier alpha value is -0.260. The van der Waals surface area contributed by atoms with Crippen molar-refractivity contribution in [2.75, 3.05) is 33.1 Å². The second kappa shape index (κ2) is 8.02. The highest BCUT2D eigenvalue weighted by Gasteiger charge is 2.32. The molecule has 1 amide bonds. The predicted molar refractivity (Wildman–Crippen MR) is 77.1 cm³/mol. The lowest BCUT2D eigenvalue weighted by atomic mass is 10.1. The van der Waals surface area contributed by atoms with Crippen LogP contribution in [0.1, 0.15) is 32.6 Å². The number of nitrogens with one attached hydrogen (secondary N) is 2. The second-order valence-electron chi connectivity index (χ2n) is 5.12. The Kier molecular flexibility index (Phi) is 7.04. The maximum atomic E-state index is 11.7. The van der Waals surface area contributed by atoms with Gasteiger partial charge >= 0.3 is 0 Å². The molecular weight excluding hydrogens is 248 g/mol. The van der Waals surface area contributed by atoms with Crippen molar-refractivity contribution in [1.29, 1.82) is 0 Å². The van der Waals surface area contributed by atoms with E-state index in [9.17, 15) is 4.79 Å². The summed E-state index contributed by atoms with van der Waals surface area (Å²) >= 11 is 1.94. The number of thioether (sulfide) groups is 1. The Bertz CT molecular complexity index is 255. The minimum Gasteiger partial charge on any atom is -0.383 e. The molecule has 1 atom stereocenters. The first-order valence-electron chi connectivity index (χ1n) is 6.66. The number of hydrogen-bond donors (Lipinski definition) is 2. The van der Waals surface area contributed by atoms with Crippen molar-refractivity contribution in [3.05, 3.63) is 0 Å². The van der Waals surface area contributed by atoms with Crippen LogP contribution in [-0.4, -0.2) is 49.8 Å². The van der Waals surface area contributed by atoms with Gasteiger partial charge in [0.05, 0.1) is 13.2 Å². The number of rotatable bonds is 8. The van der Waals surface area contributed by atoms with E-state index in [1.54, 1.807) is 7.11 Å². The summed E-state index contributed by atoms with van der Waals surface area (Å²) in [6.07, 6.45) is 7.35. The van der Waals surface area contributed by atoms with Crippen LogP contribution in [0.5, 0.6) is 0 Å². The van der Waals surface area contributed by atoms with Crippen molar-refractivity contribution in [2.24, 2.45) is 0 Å². The van der Waals surface area contributed by atoms with Crippen LogP contribution in [0.4, 0.5) is 0 Å². The van der Waals surface area contributed by atoms with Crippen LogP contribution in [0.25, 0.3) is 0 Å². The average molecular weight is 274 g/mol. The number of carbonyl (C=O) groups is 1. The van der Waals surface area contributed by atoms with Crippen molar-refractivity contribution in [3.63, 3.8) is 0 Å². The molecule has 0 radical (unpaired) electrons. The number of carbonyl (C=O) groups excluding carboxylic acids is 1. The highest BCUT2D eigenvalue weighted by molar-refractivity contribution is 8.00. The summed E-state index contributed by atoms with van der Waals surface area (Å²) in [7, 11) is 1.64. The lowest BCUT2D eigenvalue weighted by molar-refractivity contribution is -0.121. The van der Waals surface area contributed by atoms with E-state index < -0.39 is 0 Å². The van der Waals surface area contributed by atoms with Crippen LogP contribution in [0, 0.1) is 0 Å². The summed E-state index contributed by atoms with van der Waals surface area (Å²) in [5.41, 5.74) is 0. The topological polar surface area (TPSA) is 50.4 Å². The van der Waals surface area contributed by atoms with Gasteiger partial charge in [0.25, 0.3) is 0 Å². The highest BCUT2D eigenvalue weighted by Crippen LogP contribution is 2.39. The van der Waals surface area contributed by atoms with Crippen LogP contribution < -0.4 is 10.6 Å². The van der Waals surface area contributed by atoms with Crippen LogP contribution in [0.15, 0.2) is 0 Å². The molecule has 4 nitrogen and oxygen atoms in total. The third-order valence-electron chi connectivity index (χ3n) is 3.50. The van der Waals surface area contributed by atoms with E-state index in [1.165, 1.54) is 25.7 Å². The summed E-state index contributed by atoms with van der Waals surface area (Å²) < 4.78 is 5.34. The number of hydrogen-bond acceptors (Lipinski definition) is 4. The van der Waals surface area contributed by atoms with Crippen molar-refractivity contribution >= 4 is 17.7 Å². The molecule has 0 aromatic heterocycles. The molecule has 1 fully saturated rings. The SMILES string of the molecule is COCC(C)NC(=O)CNCC1(SC)CCCC1. The van der Waals surface area contributed by atoms with E-state index >= 15 is 0 Å². The molecule has 5 heteroatoms. The minimum atomic E-state index is 0.0498. The summed E-state index contributed by atoms with van der Waals surface area (Å²) in [6, 6.07) is 0.0743. The van der Waals surface area contributed by atoms with Gasteiger partial charge in [-0.15, -0.1) is 0 Å². The Morgan fingerprint density at radius 1 is 1.44 bits per heavy atom. The Balaban J connectivity index is 2.18. The maximum Gasteiger partial charge on any atom is 0.234 e. The molecule has 0 bridgehead atoms. The van der Waals surface area contributed by atoms with E-state index in [0.29, 0.717) is 17.9 Å². The molecule has 0 heterocycles. The molecule has 0 spiro atoms. The molecule has 1 unspecified atom stereocenters. The van der Waals surface area contributed by atoms with Crippen LogP contribution in [-0.2, 0) is 9.53 Å². The Labute approximate surface area is 115 Å². The predicted octanol–water partition coefficient (Wildman–Crippen LogP) is 1.40. The summed E-state index contributed by atoms with van der Waals surface area (Å²) in [5, 5.41) is 6.20. The van der Waals surface area contributed by atoms with Gasteiger partial charge in [-0.25, -0.2) is 0 Å². The Morgan fingerprint density at radius 3 is 2.67 bits per heavy atom. The standard InChI is InChI=1S/C13H26N2O2S/c1-11(9-17-2)15-12(16)8-14-10-13(18-3)6-4-5-7-13/h11,14H,4-10H2,1-3H3,(H,15,16). The van der Waals surface area contributed by atoms with E-state index in [4.69, 9.17) is 4.74 Å². The van der Waals surface area contributed by atoms with Crippen molar-refractivity contribution in [1.82, 2.24) is 10.6 Å². The fraction of sp³-hybridized carbons (Fsp3) is 0.923. The quantitative estimate of drug-likeness (QED) is 0.702. The summed E-state index contributed by atoms with van der Waals surface area (Å²) in [6.45, 7) is 3.83. The molecule has 0 saturated heterocycles. The fourth-order valence-corrected chi connectivity index (χ4v) is 3.44. The normalized spacial score (nSPS) is 19.7. The first kappa shape index (κ1) is 15.8. The summed E-state index contributed by atoms with van der Waals surface area (Å²) in [5.74, 6) is 0.0498. The van der Waals surface area contributed by atoms with Crippen LogP contribution >= 0.6 is 11.8 Å². The molecule has 0 aliphatic heterocycles. The monoisotopic (exact) mass is 274 g/mol. The molecule has 1 aliphatic carbocycles. The van der Waals surface area contributed by atoms with Crippen molar-refractivity contribution < 1.29 is 9.53 Å². The molecule has 0 aromatic carbocycles. The van der Waals surface area contributed by atoms with Gasteiger partial charge in [-0.2, -0.15) is 11.8 Å². The number of amides is 1. The molecule has 106 valence electrons. The number of methoxy groups -OCH3 is 1. The van der Waals surface area contributed by atoms with E-state index in [-0.39, 0.29) is 11.9 Å². The average Bonchev–Trinajstić information content (AvgIpc) is 2.78. The lowest BCUT2D eigenvalue weighted by Crippen LogP contribution is -2.44. The largest absolute Gasteiger partial charge is 0.383 e. The zero-order chi connectivity index (χ0) is 13.4. The van der Waals surface area contributed by atoms with E-state index in [1.807, 2.05) is 18.7 Å². The van der Waals surface area contributed by atoms with Gasteiger partial charge in [0.1, 0.15) is 0 Å². The first-order valence-corrected chi connectivity index (χ1v) is 7.88. The molecule has 0 aromatic rings. The molecule has 1 saturated carbocycles. The van der Waals surface area contributed by atoms with Gasteiger partial charge in [0, 0.05) is 24.4 Å². The molecular formula is C13H26N2O2S. The van der Waals surface area contributed by atoms with Gasteiger partial charge in [-0.3, -0.25) is 4.79 Å². The Morgan fingerprint density at radius 2 is 2.11 bits per heavy atom. The van der Waals surface area contributed by atoms with Gasteiger partial charge in [-0.05, 0) is 26.0 Å². The zero-order valence-corrected chi connectivity index (χ0v) is 12.6. The summed E-state index contributed by atoms with van der Waals surface area (Å²) in [4.78, 5) is 11.7. The highest BCUT2D eigenvalue weighted by atomic mass is 32.2. The molecule has 18 heavy (non-hydrogen) atoms. The third-order valence-corrected chi connectivity index (χ3v) is 4.92. The minimum absolute atomic E-state index is 0.0498. The third kappa shape index (κ3) is 5.16. The van der Waals surface area contributed by atoms with Crippen LogP contribution in [0.2, 0.25) is 0 Å². The zero-order valence-electron chi connectivity index (χ0n) is 11.8. The van der Waals surface area contributed by atoms with Gasteiger partial charge in [0.2, 0.25) is 5.91 Å². The van der Waals surface area contributed by atoms with Crippen molar-refractivity contribution in [2.45, 2.75) is 43.4 Å².